The summed E-state index contributed by atoms with van der Waals surface area (Å²) in [5.41, 5.74) is 0. The van der Waals surface area contributed by atoms with Crippen LogP contribution in [0.2, 0.25) is 0 Å². The van der Waals surface area contributed by atoms with E-state index in [1.54, 1.807) is 0 Å². The van der Waals surface area contributed by atoms with Crippen LogP contribution in [0.4, 0.5) is 0 Å². The molecule has 0 spiro atoms. The van der Waals surface area contributed by atoms with E-state index in [0.717, 1.165) is 19.6 Å². The van der Waals surface area contributed by atoms with Gasteiger partial charge in [0, 0.05) is 6.61 Å². The molecule has 0 radical (unpaired) electrons. The lowest BCUT2D eigenvalue weighted by Crippen LogP contribution is -2.47. The summed E-state index contributed by atoms with van der Waals surface area (Å²) in [4.78, 5) is 0. The van der Waals surface area contributed by atoms with E-state index in [9.17, 15) is 0 Å². The van der Waals surface area contributed by atoms with Gasteiger partial charge in [0.05, 0.1) is 13.2 Å². The monoisotopic (exact) mass is 130 g/mol. The first-order valence-electron chi connectivity index (χ1n) is 3.31. The van der Waals surface area contributed by atoms with Gasteiger partial charge in [-0.25, -0.2) is 0 Å². The summed E-state index contributed by atoms with van der Waals surface area (Å²) in [6, 6.07) is 0. The Labute approximate surface area is 53.9 Å². The van der Waals surface area contributed by atoms with Crippen LogP contribution in [0.1, 0.15) is 6.42 Å². The van der Waals surface area contributed by atoms with Gasteiger partial charge < -0.3 is 14.2 Å². The molecule has 3 nitrogen and oxygen atoms in total. The van der Waals surface area contributed by atoms with Gasteiger partial charge in [0.2, 0.25) is 0 Å². The van der Waals surface area contributed by atoms with Crippen molar-refractivity contribution in [1.82, 2.24) is 0 Å². The molecule has 0 bridgehead atoms. The van der Waals surface area contributed by atoms with E-state index < -0.39 is 0 Å². The molecular weight excluding hydrogens is 120 g/mol. The van der Waals surface area contributed by atoms with Crippen molar-refractivity contribution < 1.29 is 14.2 Å². The maximum atomic E-state index is 5.35. The average molecular weight is 130 g/mol. The summed E-state index contributed by atoms with van der Waals surface area (Å²) in [6.07, 6.45) is 1.18. The predicted molar refractivity (Wildman–Crippen MR) is 30.0 cm³/mol. The van der Waals surface area contributed by atoms with Crippen LogP contribution in [0, 0.1) is 0 Å². The molecule has 2 aliphatic rings. The minimum absolute atomic E-state index is 0.0486. The third-order valence-electron chi connectivity index (χ3n) is 1.63. The third kappa shape index (κ3) is 0.956. The molecule has 0 amide bonds. The van der Waals surface area contributed by atoms with E-state index in [2.05, 4.69) is 0 Å². The Morgan fingerprint density at radius 2 is 1.89 bits per heavy atom. The summed E-state index contributed by atoms with van der Waals surface area (Å²) in [5.74, 6) is 0. The summed E-state index contributed by atoms with van der Waals surface area (Å²) >= 11 is 0. The zero-order valence-electron chi connectivity index (χ0n) is 5.21. The number of ether oxygens (including phenoxy) is 3. The topological polar surface area (TPSA) is 27.7 Å². The maximum Gasteiger partial charge on any atom is 0.186 e. The molecule has 9 heavy (non-hydrogen) atoms. The van der Waals surface area contributed by atoms with Crippen LogP contribution in [0.15, 0.2) is 0 Å². The molecule has 2 fully saturated rings. The van der Waals surface area contributed by atoms with Gasteiger partial charge in [0.25, 0.3) is 0 Å². The summed E-state index contributed by atoms with van der Waals surface area (Å²) in [7, 11) is 0. The first-order chi connectivity index (χ1) is 4.47. The second-order valence-corrected chi connectivity index (χ2v) is 2.34. The van der Waals surface area contributed by atoms with Crippen molar-refractivity contribution in [2.75, 3.05) is 19.8 Å². The highest BCUT2D eigenvalue weighted by atomic mass is 16.7. The van der Waals surface area contributed by atoms with Crippen molar-refractivity contribution in [2.24, 2.45) is 0 Å². The van der Waals surface area contributed by atoms with Gasteiger partial charge in [-0.1, -0.05) is 0 Å². The third-order valence-corrected chi connectivity index (χ3v) is 1.63. The lowest BCUT2D eigenvalue weighted by atomic mass is 10.3. The van der Waals surface area contributed by atoms with Crippen molar-refractivity contribution in [3.63, 3.8) is 0 Å². The Balaban J connectivity index is 1.90. The van der Waals surface area contributed by atoms with E-state index in [-0.39, 0.29) is 12.4 Å². The van der Waals surface area contributed by atoms with Gasteiger partial charge in [0.1, 0.15) is 6.10 Å². The first-order valence-corrected chi connectivity index (χ1v) is 3.31. The van der Waals surface area contributed by atoms with Crippen LogP contribution in [0.5, 0.6) is 0 Å². The Morgan fingerprint density at radius 1 is 1.00 bits per heavy atom. The minimum atomic E-state index is -0.0486. The largest absolute Gasteiger partial charge is 0.370 e. The molecule has 0 aromatic rings. The highest BCUT2D eigenvalue weighted by Crippen LogP contribution is 2.20. The maximum absolute atomic E-state index is 5.35. The Morgan fingerprint density at radius 3 is 2.67 bits per heavy atom. The fourth-order valence-electron chi connectivity index (χ4n) is 1.03. The fourth-order valence-corrected chi connectivity index (χ4v) is 1.03. The van der Waals surface area contributed by atoms with Crippen molar-refractivity contribution in [1.29, 1.82) is 0 Å². The molecule has 0 aromatic carbocycles. The van der Waals surface area contributed by atoms with Crippen LogP contribution in [0.3, 0.4) is 0 Å². The summed E-state index contributed by atoms with van der Waals surface area (Å²) < 4.78 is 15.7. The average Bonchev–Trinajstić information content (AvgIpc) is 1.94. The summed E-state index contributed by atoms with van der Waals surface area (Å²) in [5, 5.41) is 0. The molecule has 2 unspecified atom stereocenters. The lowest BCUT2D eigenvalue weighted by Gasteiger charge is -2.33. The van der Waals surface area contributed by atoms with Gasteiger partial charge in [-0.15, -0.1) is 0 Å². The van der Waals surface area contributed by atoms with Gasteiger partial charge >= 0.3 is 0 Å². The first kappa shape index (κ1) is 5.65. The predicted octanol–water partition coefficient (Wildman–Crippen LogP) is 0.148. The molecule has 0 aliphatic carbocycles. The molecule has 2 aliphatic heterocycles. The second-order valence-electron chi connectivity index (χ2n) is 2.34. The van der Waals surface area contributed by atoms with Crippen LogP contribution < -0.4 is 0 Å². The van der Waals surface area contributed by atoms with E-state index in [1.807, 2.05) is 0 Å². The minimum Gasteiger partial charge on any atom is -0.370 e. The molecule has 2 rings (SSSR count). The molecule has 0 saturated carbocycles. The quantitative estimate of drug-likeness (QED) is 0.467. The van der Waals surface area contributed by atoms with Gasteiger partial charge in [0.15, 0.2) is 6.29 Å². The number of fused-ring (bicyclic) bond motifs is 1. The van der Waals surface area contributed by atoms with Crippen LogP contribution in [0.25, 0.3) is 0 Å². The Hall–Kier alpha value is -0.120. The van der Waals surface area contributed by atoms with Crippen LogP contribution in [-0.2, 0) is 14.2 Å². The van der Waals surface area contributed by atoms with Crippen LogP contribution in [-0.4, -0.2) is 32.2 Å². The molecule has 3 heteroatoms. The smallest absolute Gasteiger partial charge is 0.186 e. The molecule has 2 heterocycles. The Bertz CT molecular complexity index is 92.5. The van der Waals surface area contributed by atoms with Crippen molar-refractivity contribution in [3.05, 3.63) is 0 Å². The van der Waals surface area contributed by atoms with E-state index in [4.69, 9.17) is 14.2 Å². The molecular formula is C6H10O3. The number of hydrogen-bond donors (Lipinski definition) is 0. The standard InChI is InChI=1S/C6H10O3/c1-2-7-5-4-9-6(5)8-3-1/h5-6H,1-4H2. The van der Waals surface area contributed by atoms with Crippen LogP contribution >= 0.6 is 0 Å². The number of rotatable bonds is 0. The molecule has 2 atom stereocenters. The lowest BCUT2D eigenvalue weighted by molar-refractivity contribution is -0.279. The normalized spacial score (nSPS) is 42.7. The SMILES string of the molecule is C1COC2COC2OC1. The molecule has 0 aromatic heterocycles. The highest BCUT2D eigenvalue weighted by Gasteiger charge is 2.35. The van der Waals surface area contributed by atoms with Crippen molar-refractivity contribution in [3.8, 4) is 0 Å². The van der Waals surface area contributed by atoms with E-state index >= 15 is 0 Å². The fraction of sp³-hybridized carbons (Fsp3) is 1.00. The van der Waals surface area contributed by atoms with Crippen molar-refractivity contribution >= 4 is 0 Å². The van der Waals surface area contributed by atoms with Gasteiger partial charge in [-0.05, 0) is 6.42 Å². The zero-order valence-corrected chi connectivity index (χ0v) is 5.21. The van der Waals surface area contributed by atoms with E-state index in [0.29, 0.717) is 6.61 Å². The van der Waals surface area contributed by atoms with Crippen molar-refractivity contribution in [2.45, 2.75) is 18.8 Å². The number of hydrogen-bond acceptors (Lipinski definition) is 3. The molecule has 2 saturated heterocycles. The highest BCUT2D eigenvalue weighted by molar-refractivity contribution is 4.73. The molecule has 0 N–H and O–H groups in total. The van der Waals surface area contributed by atoms with E-state index in [1.165, 1.54) is 0 Å². The van der Waals surface area contributed by atoms with Gasteiger partial charge in [-0.3, -0.25) is 0 Å². The Kier molecular flexibility index (Phi) is 1.41. The molecule has 52 valence electrons. The van der Waals surface area contributed by atoms with Gasteiger partial charge in [-0.2, -0.15) is 0 Å². The second kappa shape index (κ2) is 2.25. The zero-order chi connectivity index (χ0) is 6.10. The summed E-state index contributed by atoms with van der Waals surface area (Å²) in [6.45, 7) is 2.32.